The monoisotopic (exact) mass is 405 g/mol. The summed E-state index contributed by atoms with van der Waals surface area (Å²) in [7, 11) is -2.41. The summed E-state index contributed by atoms with van der Waals surface area (Å²) in [6.07, 6.45) is 1.42. The number of hydrogen-bond donors (Lipinski definition) is 0. The van der Waals surface area contributed by atoms with E-state index in [4.69, 9.17) is 4.74 Å². The van der Waals surface area contributed by atoms with Crippen LogP contribution in [0.2, 0.25) is 0 Å². The van der Waals surface area contributed by atoms with Crippen LogP contribution >= 0.6 is 15.9 Å². The fraction of sp³-hybridized carbons (Fsp3) is 0.0588. The average molecular weight is 406 g/mol. The molecule has 0 amide bonds. The predicted molar refractivity (Wildman–Crippen MR) is 94.5 cm³/mol. The highest BCUT2D eigenvalue weighted by molar-refractivity contribution is 9.12. The van der Waals surface area contributed by atoms with Gasteiger partial charge >= 0.3 is 0 Å². The van der Waals surface area contributed by atoms with Crippen LogP contribution in [0.1, 0.15) is 15.9 Å². The van der Waals surface area contributed by atoms with Crippen molar-refractivity contribution in [2.24, 2.45) is 4.40 Å². The lowest BCUT2D eigenvalue weighted by Gasteiger charge is -2.14. The first-order chi connectivity index (χ1) is 11.4. The number of hydrogen-bond acceptors (Lipinski definition) is 4. The highest BCUT2D eigenvalue weighted by atomic mass is 79.9. The lowest BCUT2D eigenvalue weighted by molar-refractivity contribution is 0.104. The Bertz CT molecular complexity index is 976. The van der Waals surface area contributed by atoms with Gasteiger partial charge in [-0.3, -0.25) is 4.79 Å². The van der Waals surface area contributed by atoms with E-state index >= 15 is 0 Å². The van der Waals surface area contributed by atoms with Crippen molar-refractivity contribution in [2.75, 3.05) is 7.11 Å². The molecule has 0 radical (unpaired) electrons. The van der Waals surface area contributed by atoms with Crippen LogP contribution in [-0.2, 0) is 10.0 Å². The van der Waals surface area contributed by atoms with Gasteiger partial charge in [0, 0.05) is 11.1 Å². The molecule has 3 rings (SSSR count). The van der Waals surface area contributed by atoms with E-state index in [1.54, 1.807) is 36.4 Å². The zero-order chi connectivity index (χ0) is 17.3. The van der Waals surface area contributed by atoms with Gasteiger partial charge < -0.3 is 4.74 Å². The molecule has 0 saturated carbocycles. The topological polar surface area (TPSA) is 72.8 Å². The molecule has 2 aromatic carbocycles. The molecular formula is C17H12BrNO4S. The van der Waals surface area contributed by atoms with Crippen LogP contribution in [0.25, 0.3) is 0 Å². The second-order valence-corrected chi connectivity index (χ2v) is 7.45. The van der Waals surface area contributed by atoms with E-state index in [2.05, 4.69) is 20.3 Å². The number of methoxy groups -OCH3 is 1. The Balaban J connectivity index is 2.10. The maximum absolute atomic E-state index is 12.5. The van der Waals surface area contributed by atoms with Crippen molar-refractivity contribution in [3.63, 3.8) is 0 Å². The van der Waals surface area contributed by atoms with Crippen LogP contribution in [-0.4, -0.2) is 27.0 Å². The van der Waals surface area contributed by atoms with Gasteiger partial charge in [-0.15, -0.1) is 0 Å². The number of ether oxygens (including phenoxy) is 1. The fourth-order valence-corrected chi connectivity index (χ4v) is 3.73. The molecule has 0 aliphatic heterocycles. The first kappa shape index (κ1) is 16.6. The van der Waals surface area contributed by atoms with E-state index in [1.807, 2.05) is 0 Å². The number of halogens is 1. The molecule has 5 nitrogen and oxygen atoms in total. The molecule has 122 valence electrons. The van der Waals surface area contributed by atoms with Crippen LogP contribution < -0.4 is 4.74 Å². The smallest absolute Gasteiger partial charge is 0.282 e. The van der Waals surface area contributed by atoms with Crippen molar-refractivity contribution >= 4 is 37.4 Å². The minimum atomic E-state index is -3.91. The van der Waals surface area contributed by atoms with E-state index in [-0.39, 0.29) is 20.9 Å². The number of carbonyl (C=O) groups excluding carboxylic acids is 1. The van der Waals surface area contributed by atoms with Gasteiger partial charge in [-0.2, -0.15) is 12.8 Å². The Morgan fingerprint density at radius 1 is 1.00 bits per heavy atom. The predicted octanol–water partition coefficient (Wildman–Crippen LogP) is 3.35. The first-order valence-corrected chi connectivity index (χ1v) is 9.16. The summed E-state index contributed by atoms with van der Waals surface area (Å²) in [6.45, 7) is 0. The van der Waals surface area contributed by atoms with E-state index in [0.29, 0.717) is 16.9 Å². The summed E-state index contributed by atoms with van der Waals surface area (Å²) in [5, 5.41) is 0. The summed E-state index contributed by atoms with van der Waals surface area (Å²) in [6, 6.07) is 12.7. The molecule has 0 heterocycles. The molecule has 24 heavy (non-hydrogen) atoms. The maximum atomic E-state index is 12.5. The number of benzene rings is 2. The molecule has 1 aliphatic carbocycles. The van der Waals surface area contributed by atoms with E-state index in [9.17, 15) is 13.2 Å². The Morgan fingerprint density at radius 2 is 1.62 bits per heavy atom. The standard InChI is InChI=1S/C17H12BrNO4S/c1-23-11-6-8-12(9-7-11)24(21,22)19-16-10-15(18)17(20)14-5-3-2-4-13(14)16/h2-10H,1H3/b19-16+. The van der Waals surface area contributed by atoms with Crippen LogP contribution in [0.4, 0.5) is 0 Å². The molecule has 0 atom stereocenters. The summed E-state index contributed by atoms with van der Waals surface area (Å²) in [5.74, 6) is 0.351. The lowest BCUT2D eigenvalue weighted by Crippen LogP contribution is -2.16. The zero-order valence-corrected chi connectivity index (χ0v) is 15.0. The van der Waals surface area contributed by atoms with Crippen molar-refractivity contribution in [3.8, 4) is 5.75 Å². The fourth-order valence-electron chi connectivity index (χ4n) is 2.30. The van der Waals surface area contributed by atoms with Gasteiger partial charge in [0.1, 0.15) is 5.75 Å². The number of fused-ring (bicyclic) bond motifs is 1. The van der Waals surface area contributed by atoms with Gasteiger partial charge in [0.2, 0.25) is 5.78 Å². The third-order valence-corrected chi connectivity index (χ3v) is 5.40. The van der Waals surface area contributed by atoms with Crippen molar-refractivity contribution < 1.29 is 17.9 Å². The summed E-state index contributed by atoms with van der Waals surface area (Å²) in [4.78, 5) is 12.2. The van der Waals surface area contributed by atoms with Gasteiger partial charge in [-0.1, -0.05) is 24.3 Å². The van der Waals surface area contributed by atoms with Crippen LogP contribution in [0.15, 0.2) is 68.4 Å². The molecule has 0 saturated heterocycles. The number of Topliss-reactive ketones (excluding diaryl/α,β-unsaturated/α-hetero) is 1. The van der Waals surface area contributed by atoms with E-state index < -0.39 is 10.0 Å². The van der Waals surface area contributed by atoms with Gasteiger partial charge in [0.05, 0.1) is 22.2 Å². The van der Waals surface area contributed by atoms with Gasteiger partial charge in [-0.05, 0) is 46.3 Å². The largest absolute Gasteiger partial charge is 0.497 e. The highest BCUT2D eigenvalue weighted by Crippen LogP contribution is 2.26. The van der Waals surface area contributed by atoms with E-state index in [0.717, 1.165) is 0 Å². The molecular weight excluding hydrogens is 394 g/mol. The molecule has 0 spiro atoms. The third kappa shape index (κ3) is 3.05. The van der Waals surface area contributed by atoms with Crippen LogP contribution in [0.5, 0.6) is 5.75 Å². The molecule has 7 heteroatoms. The average Bonchev–Trinajstić information content (AvgIpc) is 2.59. The first-order valence-electron chi connectivity index (χ1n) is 6.93. The summed E-state index contributed by atoms with van der Waals surface area (Å²) >= 11 is 3.17. The molecule has 2 aromatic rings. The molecule has 0 unspecified atom stereocenters. The number of carbonyl (C=O) groups is 1. The van der Waals surface area contributed by atoms with Crippen molar-refractivity contribution in [1.82, 2.24) is 0 Å². The Labute approximate surface area is 147 Å². The summed E-state index contributed by atoms with van der Waals surface area (Å²) < 4.78 is 34.3. The van der Waals surface area contributed by atoms with Gasteiger partial charge in [0.15, 0.2) is 0 Å². The number of rotatable bonds is 3. The molecule has 1 aliphatic rings. The Morgan fingerprint density at radius 3 is 2.25 bits per heavy atom. The number of nitrogens with zero attached hydrogens (tertiary/aromatic N) is 1. The van der Waals surface area contributed by atoms with Crippen molar-refractivity contribution in [2.45, 2.75) is 4.90 Å². The highest BCUT2D eigenvalue weighted by Gasteiger charge is 2.24. The number of sulfonamides is 1. The van der Waals surface area contributed by atoms with Crippen LogP contribution in [0, 0.1) is 0 Å². The number of ketones is 1. The Hall–Kier alpha value is -2.25. The van der Waals surface area contributed by atoms with Crippen LogP contribution in [0.3, 0.4) is 0 Å². The molecule has 0 N–H and O–H groups in total. The van der Waals surface area contributed by atoms with E-state index in [1.165, 1.54) is 25.3 Å². The molecule has 0 fully saturated rings. The minimum absolute atomic E-state index is 0.0507. The lowest BCUT2D eigenvalue weighted by atomic mass is 9.94. The quantitative estimate of drug-likeness (QED) is 0.784. The molecule has 0 aromatic heterocycles. The zero-order valence-electron chi connectivity index (χ0n) is 12.6. The number of allylic oxidation sites excluding steroid dienone is 2. The second kappa shape index (κ2) is 6.33. The molecule has 0 bridgehead atoms. The normalized spacial score (nSPS) is 15.8. The SMILES string of the molecule is COc1ccc(S(=O)(=O)/N=C2\C=C(Br)C(=O)c3ccccc32)cc1. The minimum Gasteiger partial charge on any atom is -0.497 e. The Kier molecular flexibility index (Phi) is 4.38. The summed E-state index contributed by atoms with van der Waals surface area (Å²) in [5.41, 5.74) is 1.12. The van der Waals surface area contributed by atoms with Gasteiger partial charge in [0.25, 0.3) is 10.0 Å². The third-order valence-electron chi connectivity index (χ3n) is 3.50. The van der Waals surface area contributed by atoms with Crippen molar-refractivity contribution in [3.05, 3.63) is 70.2 Å². The van der Waals surface area contributed by atoms with Gasteiger partial charge in [-0.25, -0.2) is 0 Å². The maximum Gasteiger partial charge on any atom is 0.282 e. The second-order valence-electron chi connectivity index (χ2n) is 4.99. The van der Waals surface area contributed by atoms with Crippen molar-refractivity contribution in [1.29, 1.82) is 0 Å².